The highest BCUT2D eigenvalue weighted by Gasteiger charge is 2.28. The van der Waals surface area contributed by atoms with E-state index in [0.29, 0.717) is 6.61 Å². The Kier molecular flexibility index (Phi) is 2.30. The number of aliphatic hydroxyl groups excluding tert-OH is 1. The minimum Gasteiger partial charge on any atom is -0.492 e. The zero-order chi connectivity index (χ0) is 9.42. The predicted molar refractivity (Wildman–Crippen MR) is 54.3 cm³/mol. The number of halogens is 1. The molecule has 2 nitrogen and oxygen atoms in total. The van der Waals surface area contributed by atoms with Crippen molar-refractivity contribution in [2.75, 3.05) is 6.61 Å². The molecule has 1 aliphatic rings. The van der Waals surface area contributed by atoms with E-state index in [1.807, 2.05) is 25.1 Å². The van der Waals surface area contributed by atoms with Gasteiger partial charge in [-0.3, -0.25) is 0 Å². The molecule has 0 saturated carbocycles. The minimum absolute atomic E-state index is 0.00102. The molecule has 13 heavy (non-hydrogen) atoms. The second-order valence-electron chi connectivity index (χ2n) is 3.26. The number of aliphatic hydroxyl groups is 1. The van der Waals surface area contributed by atoms with Crippen LogP contribution in [0.25, 0.3) is 0 Å². The van der Waals surface area contributed by atoms with Crippen LogP contribution in [0.5, 0.6) is 5.75 Å². The van der Waals surface area contributed by atoms with Crippen LogP contribution in [0, 0.1) is 6.92 Å². The summed E-state index contributed by atoms with van der Waals surface area (Å²) in [6.45, 7) is 2.51. The Morgan fingerprint density at radius 2 is 2.31 bits per heavy atom. The highest BCUT2D eigenvalue weighted by atomic mass is 79.9. The Morgan fingerprint density at radius 1 is 1.54 bits per heavy atom. The lowest BCUT2D eigenvalue weighted by Crippen LogP contribution is -2.26. The van der Waals surface area contributed by atoms with Gasteiger partial charge in [-0.25, -0.2) is 0 Å². The summed E-state index contributed by atoms with van der Waals surface area (Å²) in [5.74, 6) is 0.809. The van der Waals surface area contributed by atoms with Crippen LogP contribution in [-0.2, 0) is 0 Å². The molecule has 1 heterocycles. The van der Waals surface area contributed by atoms with Crippen LogP contribution >= 0.6 is 15.9 Å². The number of benzene rings is 1. The molecule has 1 aromatic carbocycles. The van der Waals surface area contributed by atoms with E-state index in [1.54, 1.807) is 0 Å². The molecule has 0 amide bonds. The molecule has 70 valence electrons. The van der Waals surface area contributed by atoms with Crippen LogP contribution in [-0.4, -0.2) is 16.5 Å². The van der Waals surface area contributed by atoms with E-state index in [9.17, 15) is 5.11 Å². The van der Waals surface area contributed by atoms with Crippen molar-refractivity contribution in [1.82, 2.24) is 0 Å². The smallest absolute Gasteiger partial charge is 0.125 e. The molecule has 0 aromatic heterocycles. The van der Waals surface area contributed by atoms with Gasteiger partial charge in [-0.05, 0) is 18.6 Å². The van der Waals surface area contributed by atoms with Crippen LogP contribution in [0.2, 0.25) is 0 Å². The van der Waals surface area contributed by atoms with Crippen molar-refractivity contribution >= 4 is 15.9 Å². The van der Waals surface area contributed by atoms with E-state index < -0.39 is 6.10 Å². The Hall–Kier alpha value is -0.540. The lowest BCUT2D eigenvalue weighted by atomic mass is 9.98. The molecule has 2 unspecified atom stereocenters. The van der Waals surface area contributed by atoms with Crippen LogP contribution in [0.3, 0.4) is 0 Å². The fourth-order valence-corrected chi connectivity index (χ4v) is 2.00. The van der Waals surface area contributed by atoms with E-state index in [-0.39, 0.29) is 4.83 Å². The topological polar surface area (TPSA) is 29.5 Å². The Morgan fingerprint density at radius 3 is 3.08 bits per heavy atom. The standard InChI is InChI=1S/C10H11BrO2/c1-6-3-2-4-8-9(6)10(12)7(11)5-13-8/h2-4,7,10,12H,5H2,1H3. The second-order valence-corrected chi connectivity index (χ2v) is 4.43. The van der Waals surface area contributed by atoms with Crippen LogP contribution in [0.15, 0.2) is 18.2 Å². The van der Waals surface area contributed by atoms with Crippen molar-refractivity contribution in [3.05, 3.63) is 29.3 Å². The first kappa shape index (κ1) is 9.03. The number of aryl methyl sites for hydroxylation is 1. The van der Waals surface area contributed by atoms with Crippen molar-refractivity contribution in [3.8, 4) is 5.75 Å². The first-order chi connectivity index (χ1) is 6.20. The molecule has 0 bridgehead atoms. The van der Waals surface area contributed by atoms with Crippen LogP contribution < -0.4 is 4.74 Å². The first-order valence-electron chi connectivity index (χ1n) is 4.24. The second kappa shape index (κ2) is 3.31. The zero-order valence-electron chi connectivity index (χ0n) is 7.33. The number of rotatable bonds is 0. The summed E-state index contributed by atoms with van der Waals surface area (Å²) in [5, 5.41) is 9.88. The number of hydrogen-bond donors (Lipinski definition) is 1. The highest BCUT2D eigenvalue weighted by molar-refractivity contribution is 9.09. The lowest BCUT2D eigenvalue weighted by molar-refractivity contribution is 0.124. The third kappa shape index (κ3) is 1.46. The molecule has 0 saturated heterocycles. The molecule has 1 aliphatic heterocycles. The quantitative estimate of drug-likeness (QED) is 0.707. The van der Waals surface area contributed by atoms with Gasteiger partial charge in [0.25, 0.3) is 0 Å². The average Bonchev–Trinajstić information content (AvgIpc) is 2.12. The number of alkyl halides is 1. The normalized spacial score (nSPS) is 26.4. The average molecular weight is 243 g/mol. The van der Waals surface area contributed by atoms with E-state index >= 15 is 0 Å². The molecule has 2 atom stereocenters. The minimum atomic E-state index is -0.454. The number of fused-ring (bicyclic) bond motifs is 1. The maximum absolute atomic E-state index is 9.88. The molecule has 2 rings (SSSR count). The SMILES string of the molecule is Cc1cccc2c1C(O)C(Br)CO2. The Bertz CT molecular complexity index is 325. The summed E-state index contributed by atoms with van der Waals surface area (Å²) < 4.78 is 5.48. The molecule has 0 spiro atoms. The predicted octanol–water partition coefficient (Wildman–Crippen LogP) is 2.18. The molecule has 0 aliphatic carbocycles. The van der Waals surface area contributed by atoms with Gasteiger partial charge < -0.3 is 9.84 Å². The molecule has 1 aromatic rings. The highest BCUT2D eigenvalue weighted by Crippen LogP contribution is 2.36. The van der Waals surface area contributed by atoms with Crippen molar-refractivity contribution in [3.63, 3.8) is 0 Å². The maximum Gasteiger partial charge on any atom is 0.125 e. The number of hydrogen-bond acceptors (Lipinski definition) is 2. The largest absolute Gasteiger partial charge is 0.492 e. The van der Waals surface area contributed by atoms with E-state index in [2.05, 4.69) is 15.9 Å². The molecule has 1 N–H and O–H groups in total. The summed E-state index contributed by atoms with van der Waals surface area (Å²) in [4.78, 5) is 0.00102. The molecule has 0 fully saturated rings. The number of ether oxygens (including phenoxy) is 1. The van der Waals surface area contributed by atoms with Gasteiger partial charge in [-0.2, -0.15) is 0 Å². The zero-order valence-corrected chi connectivity index (χ0v) is 8.91. The van der Waals surface area contributed by atoms with Gasteiger partial charge in [0.2, 0.25) is 0 Å². The van der Waals surface area contributed by atoms with Crippen molar-refractivity contribution < 1.29 is 9.84 Å². The molecule has 0 radical (unpaired) electrons. The molecular weight excluding hydrogens is 232 g/mol. The summed E-state index contributed by atoms with van der Waals surface area (Å²) in [7, 11) is 0. The van der Waals surface area contributed by atoms with E-state index in [4.69, 9.17) is 4.74 Å². The monoisotopic (exact) mass is 242 g/mol. The van der Waals surface area contributed by atoms with Crippen molar-refractivity contribution in [2.24, 2.45) is 0 Å². The van der Waals surface area contributed by atoms with Crippen molar-refractivity contribution in [1.29, 1.82) is 0 Å². The maximum atomic E-state index is 9.88. The van der Waals surface area contributed by atoms with Crippen molar-refractivity contribution in [2.45, 2.75) is 17.9 Å². The first-order valence-corrected chi connectivity index (χ1v) is 5.16. The fraction of sp³-hybridized carbons (Fsp3) is 0.400. The fourth-order valence-electron chi connectivity index (χ4n) is 1.60. The summed E-state index contributed by atoms with van der Waals surface area (Å²) in [6.07, 6.45) is -0.454. The third-order valence-electron chi connectivity index (χ3n) is 2.32. The summed E-state index contributed by atoms with van der Waals surface area (Å²) in [6, 6.07) is 5.82. The van der Waals surface area contributed by atoms with Gasteiger partial charge in [0.05, 0.1) is 10.9 Å². The Balaban J connectivity index is 2.51. The van der Waals surface area contributed by atoms with Gasteiger partial charge >= 0.3 is 0 Å². The summed E-state index contributed by atoms with van der Waals surface area (Å²) in [5.41, 5.74) is 1.99. The van der Waals surface area contributed by atoms with Gasteiger partial charge in [0.15, 0.2) is 0 Å². The molecule has 3 heteroatoms. The van der Waals surface area contributed by atoms with Crippen LogP contribution in [0.1, 0.15) is 17.2 Å². The van der Waals surface area contributed by atoms with Crippen LogP contribution in [0.4, 0.5) is 0 Å². The van der Waals surface area contributed by atoms with E-state index in [1.165, 1.54) is 0 Å². The van der Waals surface area contributed by atoms with Gasteiger partial charge in [-0.1, -0.05) is 28.1 Å². The van der Waals surface area contributed by atoms with Gasteiger partial charge in [0, 0.05) is 5.56 Å². The third-order valence-corrected chi connectivity index (χ3v) is 3.09. The van der Waals surface area contributed by atoms with Gasteiger partial charge in [0.1, 0.15) is 12.4 Å². The lowest BCUT2D eigenvalue weighted by Gasteiger charge is -2.27. The van der Waals surface area contributed by atoms with E-state index in [0.717, 1.165) is 16.9 Å². The summed E-state index contributed by atoms with van der Waals surface area (Å²) >= 11 is 3.38. The van der Waals surface area contributed by atoms with Gasteiger partial charge in [-0.15, -0.1) is 0 Å². The molecular formula is C10H11BrO2. The Labute approximate surface area is 85.7 Å².